The number of benzene rings is 1. The standard InChI is InChI=1S/C21H22O3/c1-6-24-21(22)20-17-9-13(4)16-10-14(12(2)3)7-8-15(19(16)17)11-18(20)23-5/h7-11H,6H2,1-5H3. The van der Waals surface area contributed by atoms with Gasteiger partial charge >= 0.3 is 5.97 Å². The zero-order valence-electron chi connectivity index (χ0n) is 14.8. The molecule has 1 aromatic carbocycles. The molecule has 3 rings (SSSR count). The fourth-order valence-corrected chi connectivity index (χ4v) is 3.22. The van der Waals surface area contributed by atoms with E-state index in [-0.39, 0.29) is 5.97 Å². The highest BCUT2D eigenvalue weighted by molar-refractivity contribution is 6.13. The predicted molar refractivity (Wildman–Crippen MR) is 97.8 cm³/mol. The first-order chi connectivity index (χ1) is 11.5. The molecular formula is C21H22O3. The van der Waals surface area contributed by atoms with E-state index < -0.39 is 0 Å². The number of ether oxygens (including phenoxy) is 2. The Morgan fingerprint density at radius 2 is 1.88 bits per heavy atom. The van der Waals surface area contributed by atoms with E-state index in [1.807, 2.05) is 13.0 Å². The van der Waals surface area contributed by atoms with Gasteiger partial charge in [0.15, 0.2) is 0 Å². The summed E-state index contributed by atoms with van der Waals surface area (Å²) in [5, 5.41) is 3.15. The van der Waals surface area contributed by atoms with Crippen LogP contribution < -0.4 is 9.96 Å². The Kier molecular flexibility index (Phi) is 4.18. The number of rotatable bonds is 3. The van der Waals surface area contributed by atoms with Crippen molar-refractivity contribution in [3.8, 4) is 16.9 Å². The highest BCUT2D eigenvalue weighted by atomic mass is 16.5. The molecule has 124 valence electrons. The summed E-state index contributed by atoms with van der Waals surface area (Å²) in [5.41, 5.74) is 5.16. The Morgan fingerprint density at radius 1 is 1.12 bits per heavy atom. The molecule has 0 spiro atoms. The molecule has 3 heteroatoms. The van der Waals surface area contributed by atoms with Crippen LogP contribution in [0.4, 0.5) is 0 Å². The van der Waals surface area contributed by atoms with Crippen LogP contribution in [-0.2, 0) is 4.74 Å². The van der Waals surface area contributed by atoms with Gasteiger partial charge in [0.1, 0.15) is 11.3 Å². The fraction of sp³-hybridized carbons (Fsp3) is 0.286. The molecule has 2 aliphatic carbocycles. The maximum Gasteiger partial charge on any atom is 0.342 e. The van der Waals surface area contributed by atoms with Crippen molar-refractivity contribution in [1.29, 1.82) is 0 Å². The smallest absolute Gasteiger partial charge is 0.342 e. The van der Waals surface area contributed by atoms with Gasteiger partial charge in [-0.2, -0.15) is 0 Å². The van der Waals surface area contributed by atoms with E-state index in [1.54, 1.807) is 7.11 Å². The first kappa shape index (κ1) is 16.3. The average Bonchev–Trinajstić information content (AvgIpc) is 2.74. The van der Waals surface area contributed by atoms with Gasteiger partial charge in [0.05, 0.1) is 13.7 Å². The third kappa shape index (κ3) is 2.50. The van der Waals surface area contributed by atoms with Crippen LogP contribution in [0.2, 0.25) is 0 Å². The summed E-state index contributed by atoms with van der Waals surface area (Å²) >= 11 is 0. The number of hydrogen-bond donors (Lipinski definition) is 0. The minimum atomic E-state index is -0.340. The lowest BCUT2D eigenvalue weighted by molar-refractivity contribution is 0.0525. The second-order valence-electron chi connectivity index (χ2n) is 6.23. The molecule has 1 aromatic rings. The third-order valence-corrected chi connectivity index (χ3v) is 4.43. The Bertz CT molecular complexity index is 949. The lowest BCUT2D eigenvalue weighted by Gasteiger charge is -2.12. The summed E-state index contributed by atoms with van der Waals surface area (Å²) in [6, 6.07) is 10.4. The van der Waals surface area contributed by atoms with Gasteiger partial charge < -0.3 is 9.47 Å². The lowest BCUT2D eigenvalue weighted by atomic mass is 9.99. The van der Waals surface area contributed by atoms with Gasteiger partial charge in [0.2, 0.25) is 0 Å². The zero-order valence-corrected chi connectivity index (χ0v) is 14.8. The highest BCUT2D eigenvalue weighted by Gasteiger charge is 2.24. The lowest BCUT2D eigenvalue weighted by Crippen LogP contribution is -2.07. The topological polar surface area (TPSA) is 35.5 Å². The molecule has 0 unspecified atom stereocenters. The van der Waals surface area contributed by atoms with Crippen LogP contribution >= 0.6 is 0 Å². The third-order valence-electron chi connectivity index (χ3n) is 4.43. The van der Waals surface area contributed by atoms with Crippen LogP contribution in [0, 0.1) is 6.92 Å². The van der Waals surface area contributed by atoms with Crippen LogP contribution in [0.5, 0.6) is 5.75 Å². The quantitative estimate of drug-likeness (QED) is 0.673. The van der Waals surface area contributed by atoms with Crippen LogP contribution in [0.3, 0.4) is 0 Å². The van der Waals surface area contributed by atoms with Crippen molar-refractivity contribution in [2.45, 2.75) is 27.7 Å². The molecule has 24 heavy (non-hydrogen) atoms. The van der Waals surface area contributed by atoms with E-state index >= 15 is 0 Å². The normalized spacial score (nSPS) is 11.0. The Balaban J connectivity index is 2.46. The summed E-state index contributed by atoms with van der Waals surface area (Å²) in [6.45, 7) is 8.43. The van der Waals surface area contributed by atoms with Crippen molar-refractivity contribution in [2.24, 2.45) is 0 Å². The van der Waals surface area contributed by atoms with Crippen molar-refractivity contribution >= 4 is 22.3 Å². The van der Waals surface area contributed by atoms with Crippen molar-refractivity contribution in [3.63, 3.8) is 0 Å². The molecule has 0 amide bonds. The number of esters is 1. The van der Waals surface area contributed by atoms with Gasteiger partial charge in [-0.1, -0.05) is 17.7 Å². The highest BCUT2D eigenvalue weighted by Crippen LogP contribution is 2.42. The molecule has 0 fully saturated rings. The second kappa shape index (κ2) is 6.16. The second-order valence-corrected chi connectivity index (χ2v) is 6.23. The fourth-order valence-electron chi connectivity index (χ4n) is 3.22. The van der Waals surface area contributed by atoms with Gasteiger partial charge in [0.25, 0.3) is 0 Å². The van der Waals surface area contributed by atoms with Gasteiger partial charge in [-0.05, 0) is 73.2 Å². The Morgan fingerprint density at radius 3 is 2.50 bits per heavy atom. The van der Waals surface area contributed by atoms with Crippen LogP contribution in [0.1, 0.15) is 36.7 Å². The summed E-state index contributed by atoms with van der Waals surface area (Å²) in [6.07, 6.45) is 0. The molecule has 0 bridgehead atoms. The minimum Gasteiger partial charge on any atom is -0.496 e. The van der Waals surface area contributed by atoms with Crippen molar-refractivity contribution in [1.82, 2.24) is 0 Å². The summed E-state index contributed by atoms with van der Waals surface area (Å²) < 4.78 is 10.7. The largest absolute Gasteiger partial charge is 0.496 e. The van der Waals surface area contributed by atoms with Crippen LogP contribution in [0.15, 0.2) is 30.3 Å². The van der Waals surface area contributed by atoms with E-state index in [1.165, 1.54) is 10.8 Å². The van der Waals surface area contributed by atoms with Gasteiger partial charge in [0, 0.05) is 5.39 Å². The van der Waals surface area contributed by atoms with Crippen molar-refractivity contribution in [2.75, 3.05) is 13.7 Å². The van der Waals surface area contributed by atoms with E-state index in [2.05, 4.69) is 45.0 Å². The number of aryl methyl sites for hydroxylation is 1. The molecule has 2 aliphatic rings. The molecule has 0 atom stereocenters. The van der Waals surface area contributed by atoms with Gasteiger partial charge in [-0.15, -0.1) is 0 Å². The minimum absolute atomic E-state index is 0.339. The van der Waals surface area contributed by atoms with E-state index in [0.29, 0.717) is 17.9 Å². The molecule has 0 heterocycles. The maximum absolute atomic E-state index is 12.5. The molecule has 3 nitrogen and oxygen atoms in total. The van der Waals surface area contributed by atoms with Crippen LogP contribution in [0.25, 0.3) is 27.5 Å². The molecule has 0 aromatic heterocycles. The first-order valence-corrected chi connectivity index (χ1v) is 8.16. The molecule has 0 N–H and O–H groups in total. The number of carbonyl (C=O) groups excluding carboxylic acids is 1. The number of methoxy groups -OCH3 is 1. The summed E-state index contributed by atoms with van der Waals surface area (Å²) in [4.78, 5) is 12.5. The maximum atomic E-state index is 12.5. The first-order valence-electron chi connectivity index (χ1n) is 8.16. The molecule has 0 radical (unpaired) electrons. The molecule has 0 aliphatic heterocycles. The van der Waals surface area contributed by atoms with Crippen LogP contribution in [-0.4, -0.2) is 19.7 Å². The molecular weight excluding hydrogens is 300 g/mol. The number of hydrogen-bond acceptors (Lipinski definition) is 3. The monoisotopic (exact) mass is 322 g/mol. The summed E-state index contributed by atoms with van der Waals surface area (Å²) in [7, 11) is 1.58. The van der Waals surface area contributed by atoms with E-state index in [9.17, 15) is 4.79 Å². The Hall–Kier alpha value is -2.55. The Labute approximate surface area is 142 Å². The van der Waals surface area contributed by atoms with Crippen molar-refractivity contribution < 1.29 is 14.3 Å². The average molecular weight is 322 g/mol. The van der Waals surface area contributed by atoms with E-state index in [4.69, 9.17) is 9.47 Å². The number of carbonyl (C=O) groups is 1. The summed E-state index contributed by atoms with van der Waals surface area (Å²) in [5.74, 6) is 0.214. The zero-order chi connectivity index (χ0) is 17.4. The molecule has 0 saturated carbocycles. The van der Waals surface area contributed by atoms with Crippen molar-refractivity contribution in [3.05, 3.63) is 46.7 Å². The van der Waals surface area contributed by atoms with Gasteiger partial charge in [-0.25, -0.2) is 4.79 Å². The molecule has 0 saturated heterocycles. The SMILES string of the molecule is CCOC(=O)c1c(OC)cc2ccc(=C(C)C)cc3c(C)cc1c2-3. The predicted octanol–water partition coefficient (Wildman–Crippen LogP) is 4.35. The van der Waals surface area contributed by atoms with E-state index in [0.717, 1.165) is 27.5 Å². The van der Waals surface area contributed by atoms with Gasteiger partial charge in [-0.3, -0.25) is 0 Å².